The van der Waals surface area contributed by atoms with E-state index in [9.17, 15) is 0 Å². The van der Waals surface area contributed by atoms with E-state index < -0.39 is 0 Å². The van der Waals surface area contributed by atoms with Gasteiger partial charge in [-0.05, 0) is 30.5 Å². The summed E-state index contributed by atoms with van der Waals surface area (Å²) < 4.78 is 5.18. The van der Waals surface area contributed by atoms with Crippen molar-refractivity contribution in [3.63, 3.8) is 0 Å². The van der Waals surface area contributed by atoms with Crippen LogP contribution in [0.1, 0.15) is 30.6 Å². The van der Waals surface area contributed by atoms with Crippen molar-refractivity contribution in [3.8, 4) is 0 Å². The van der Waals surface area contributed by atoms with Crippen molar-refractivity contribution in [2.75, 3.05) is 5.73 Å². The van der Waals surface area contributed by atoms with Crippen LogP contribution < -0.4 is 5.73 Å². The summed E-state index contributed by atoms with van der Waals surface area (Å²) in [6.45, 7) is 2.10. The molecule has 2 N–H and O–H groups in total. The van der Waals surface area contributed by atoms with Crippen LogP contribution in [0, 0.1) is 0 Å². The van der Waals surface area contributed by atoms with E-state index in [2.05, 4.69) is 23.1 Å². The summed E-state index contributed by atoms with van der Waals surface area (Å²) in [7, 11) is 0. The van der Waals surface area contributed by atoms with Crippen LogP contribution in [0.5, 0.6) is 0 Å². The minimum atomic E-state index is 0.705. The fourth-order valence-electron chi connectivity index (χ4n) is 1.72. The molecule has 17 heavy (non-hydrogen) atoms. The monoisotopic (exact) mass is 231 g/mol. The van der Waals surface area contributed by atoms with Crippen LogP contribution in [0.2, 0.25) is 0 Å². The lowest BCUT2D eigenvalue weighted by atomic mass is 10.1. The number of nitrogens with two attached hydrogens (primary N) is 1. The average molecular weight is 231 g/mol. The molecule has 1 aromatic heterocycles. The van der Waals surface area contributed by atoms with E-state index in [4.69, 9.17) is 10.3 Å². The molecule has 0 radical (unpaired) electrons. The van der Waals surface area contributed by atoms with Crippen molar-refractivity contribution < 1.29 is 4.52 Å². The maximum Gasteiger partial charge on any atom is 0.226 e. The van der Waals surface area contributed by atoms with Gasteiger partial charge in [0, 0.05) is 18.5 Å². The van der Waals surface area contributed by atoms with E-state index in [0.29, 0.717) is 5.89 Å². The summed E-state index contributed by atoms with van der Waals surface area (Å²) in [6.07, 6.45) is 3.55. The molecule has 90 valence electrons. The Morgan fingerprint density at radius 2 is 2.12 bits per heavy atom. The molecule has 0 aliphatic rings. The van der Waals surface area contributed by atoms with Gasteiger partial charge in [-0.2, -0.15) is 4.98 Å². The maximum atomic E-state index is 5.72. The summed E-state index contributed by atoms with van der Waals surface area (Å²) >= 11 is 0. The van der Waals surface area contributed by atoms with Crippen molar-refractivity contribution in [1.82, 2.24) is 10.1 Å². The fourth-order valence-corrected chi connectivity index (χ4v) is 1.72. The Morgan fingerprint density at radius 3 is 2.88 bits per heavy atom. The third kappa shape index (κ3) is 3.31. The minimum Gasteiger partial charge on any atom is -0.399 e. The van der Waals surface area contributed by atoms with Crippen LogP contribution in [0.4, 0.5) is 5.69 Å². The molecule has 0 saturated carbocycles. The predicted molar refractivity (Wildman–Crippen MR) is 66.6 cm³/mol. The smallest absolute Gasteiger partial charge is 0.226 e. The van der Waals surface area contributed by atoms with Gasteiger partial charge in [0.15, 0.2) is 5.82 Å². The number of anilines is 1. The highest BCUT2D eigenvalue weighted by Crippen LogP contribution is 2.10. The number of aromatic nitrogens is 2. The fraction of sp³-hybridized carbons (Fsp3) is 0.385. The second-order valence-electron chi connectivity index (χ2n) is 4.10. The normalized spacial score (nSPS) is 10.6. The third-order valence-electron chi connectivity index (χ3n) is 2.56. The quantitative estimate of drug-likeness (QED) is 0.802. The molecule has 0 fully saturated rings. The maximum absolute atomic E-state index is 5.72. The van der Waals surface area contributed by atoms with Crippen LogP contribution in [-0.2, 0) is 19.3 Å². The molecule has 0 atom stereocenters. The molecule has 4 nitrogen and oxygen atoms in total. The molecule has 0 amide bonds. The molecule has 0 bridgehead atoms. The molecule has 0 unspecified atom stereocenters. The Labute approximate surface area is 101 Å². The van der Waals surface area contributed by atoms with Crippen molar-refractivity contribution in [1.29, 1.82) is 0 Å². The van der Waals surface area contributed by atoms with Crippen molar-refractivity contribution >= 4 is 5.69 Å². The van der Waals surface area contributed by atoms with Crippen molar-refractivity contribution in [3.05, 3.63) is 41.5 Å². The van der Waals surface area contributed by atoms with Crippen molar-refractivity contribution in [2.24, 2.45) is 0 Å². The molecule has 0 aliphatic heterocycles. The number of benzene rings is 1. The Hall–Kier alpha value is -1.84. The van der Waals surface area contributed by atoms with Gasteiger partial charge >= 0.3 is 0 Å². The lowest BCUT2D eigenvalue weighted by Crippen LogP contribution is -1.94. The largest absolute Gasteiger partial charge is 0.399 e. The Morgan fingerprint density at radius 1 is 1.24 bits per heavy atom. The highest BCUT2D eigenvalue weighted by molar-refractivity contribution is 5.40. The molecule has 0 spiro atoms. The van der Waals surface area contributed by atoms with E-state index in [0.717, 1.165) is 37.2 Å². The number of hydrogen-bond donors (Lipinski definition) is 1. The number of rotatable bonds is 5. The minimum absolute atomic E-state index is 0.705. The molecule has 4 heteroatoms. The van der Waals surface area contributed by atoms with Gasteiger partial charge in [-0.1, -0.05) is 24.2 Å². The summed E-state index contributed by atoms with van der Waals surface area (Å²) in [5.41, 5.74) is 7.71. The highest BCUT2D eigenvalue weighted by atomic mass is 16.5. The number of nitrogen functional groups attached to an aromatic ring is 1. The first-order valence-electron chi connectivity index (χ1n) is 5.94. The van der Waals surface area contributed by atoms with E-state index in [1.54, 1.807) is 0 Å². The molecule has 0 saturated heterocycles. The van der Waals surface area contributed by atoms with Gasteiger partial charge in [-0.3, -0.25) is 0 Å². The lowest BCUT2D eigenvalue weighted by Gasteiger charge is -1.99. The van der Waals surface area contributed by atoms with Gasteiger partial charge in [-0.25, -0.2) is 0 Å². The molecule has 1 aromatic carbocycles. The zero-order chi connectivity index (χ0) is 12.1. The van der Waals surface area contributed by atoms with E-state index in [-0.39, 0.29) is 0 Å². The molecule has 1 heterocycles. The summed E-state index contributed by atoms with van der Waals surface area (Å²) in [5, 5.41) is 3.92. The number of nitrogens with zero attached hydrogens (tertiary/aromatic N) is 2. The van der Waals surface area contributed by atoms with Crippen LogP contribution in [0.25, 0.3) is 0 Å². The van der Waals surface area contributed by atoms with Gasteiger partial charge in [-0.15, -0.1) is 0 Å². The van der Waals surface area contributed by atoms with Gasteiger partial charge in [0.05, 0.1) is 0 Å². The van der Waals surface area contributed by atoms with Gasteiger partial charge in [0.2, 0.25) is 5.89 Å². The third-order valence-corrected chi connectivity index (χ3v) is 2.56. The Bertz CT molecular complexity index is 479. The summed E-state index contributed by atoms with van der Waals surface area (Å²) in [4.78, 5) is 4.33. The number of aryl methyl sites for hydroxylation is 3. The standard InChI is InChI=1S/C13H17N3O/c1-2-4-12-15-13(17-16-12)8-7-10-5-3-6-11(14)9-10/h3,5-6,9H,2,4,7-8,14H2,1H3. The first-order valence-corrected chi connectivity index (χ1v) is 5.94. The SMILES string of the molecule is CCCc1noc(CCc2cccc(N)c2)n1. The first-order chi connectivity index (χ1) is 8.28. The predicted octanol–water partition coefficient (Wildman–Crippen LogP) is 2.39. The van der Waals surface area contributed by atoms with Crippen LogP contribution in [0.3, 0.4) is 0 Å². The van der Waals surface area contributed by atoms with Gasteiger partial charge < -0.3 is 10.3 Å². The molecular formula is C13H17N3O. The van der Waals surface area contributed by atoms with Crippen LogP contribution in [0.15, 0.2) is 28.8 Å². The van der Waals surface area contributed by atoms with Crippen LogP contribution >= 0.6 is 0 Å². The zero-order valence-electron chi connectivity index (χ0n) is 10.0. The first kappa shape index (κ1) is 11.6. The Balaban J connectivity index is 1.93. The summed E-state index contributed by atoms with van der Waals surface area (Å²) in [6, 6.07) is 7.87. The van der Waals surface area contributed by atoms with E-state index in [1.807, 2.05) is 18.2 Å². The molecule has 0 aliphatic carbocycles. The number of hydrogen-bond acceptors (Lipinski definition) is 4. The van der Waals surface area contributed by atoms with E-state index in [1.165, 1.54) is 5.56 Å². The van der Waals surface area contributed by atoms with Crippen LogP contribution in [-0.4, -0.2) is 10.1 Å². The molecular weight excluding hydrogens is 214 g/mol. The molecule has 2 rings (SSSR count). The Kier molecular flexibility index (Phi) is 3.75. The second kappa shape index (κ2) is 5.48. The van der Waals surface area contributed by atoms with Gasteiger partial charge in [0.1, 0.15) is 0 Å². The zero-order valence-corrected chi connectivity index (χ0v) is 10.0. The van der Waals surface area contributed by atoms with E-state index >= 15 is 0 Å². The highest BCUT2D eigenvalue weighted by Gasteiger charge is 2.05. The molecule has 2 aromatic rings. The summed E-state index contributed by atoms with van der Waals surface area (Å²) in [5.74, 6) is 1.51. The van der Waals surface area contributed by atoms with Gasteiger partial charge in [0.25, 0.3) is 0 Å². The second-order valence-corrected chi connectivity index (χ2v) is 4.10. The average Bonchev–Trinajstić information content (AvgIpc) is 2.75. The van der Waals surface area contributed by atoms with Crippen molar-refractivity contribution in [2.45, 2.75) is 32.6 Å². The lowest BCUT2D eigenvalue weighted by molar-refractivity contribution is 0.373. The topological polar surface area (TPSA) is 64.9 Å².